The maximum atomic E-state index is 12.8. The second-order valence-electron chi connectivity index (χ2n) is 7.95. The van der Waals surface area contributed by atoms with E-state index in [-0.39, 0.29) is 12.1 Å². The number of likely N-dealkylation sites (tertiary alicyclic amines) is 1. The van der Waals surface area contributed by atoms with Crippen LogP contribution < -0.4 is 9.47 Å². The van der Waals surface area contributed by atoms with Crippen LogP contribution in [0.15, 0.2) is 54.6 Å². The number of nitrogens with zero attached hydrogens (tertiary/aromatic N) is 2. The van der Waals surface area contributed by atoms with Crippen LogP contribution in [-0.2, 0) is 20.9 Å². The normalized spacial score (nSPS) is 20.9. The van der Waals surface area contributed by atoms with Crippen LogP contribution in [0.4, 0.5) is 0 Å². The zero-order valence-corrected chi connectivity index (χ0v) is 18.4. The summed E-state index contributed by atoms with van der Waals surface area (Å²) in [7, 11) is 3.11. The molecule has 0 saturated carbocycles. The quantitative estimate of drug-likeness (QED) is 0.491. The summed E-state index contributed by atoms with van der Waals surface area (Å²) < 4.78 is 16.4. The Labute approximate surface area is 188 Å². The van der Waals surface area contributed by atoms with Gasteiger partial charge in [-0.2, -0.15) is 0 Å². The van der Waals surface area contributed by atoms with E-state index >= 15 is 0 Å². The topological polar surface area (TPSA) is 68.3 Å². The van der Waals surface area contributed by atoms with Crippen molar-refractivity contribution in [3.63, 3.8) is 0 Å². The number of methoxy groups -OCH3 is 2. The fraction of sp³-hybridized carbons (Fsp3) is 0.360. The number of benzene rings is 2. The van der Waals surface area contributed by atoms with E-state index < -0.39 is 11.7 Å². The van der Waals surface area contributed by atoms with E-state index in [2.05, 4.69) is 17.0 Å². The molecule has 2 atom stereocenters. The van der Waals surface area contributed by atoms with E-state index in [1.54, 1.807) is 43.4 Å². The summed E-state index contributed by atoms with van der Waals surface area (Å²) in [6.45, 7) is 3.17. The highest BCUT2D eigenvalue weighted by Crippen LogP contribution is 2.28. The van der Waals surface area contributed by atoms with Crippen LogP contribution in [0.5, 0.6) is 11.5 Å². The molecule has 7 heteroatoms. The molecule has 2 heterocycles. The molecule has 2 fully saturated rings. The number of ether oxygens (including phenoxy) is 3. The Balaban J connectivity index is 1.39. The Hall–Kier alpha value is -3.16. The number of morpholine rings is 1. The van der Waals surface area contributed by atoms with Crippen molar-refractivity contribution in [2.45, 2.75) is 18.7 Å². The minimum Gasteiger partial charge on any atom is -0.493 e. The van der Waals surface area contributed by atoms with E-state index in [0.717, 1.165) is 18.7 Å². The maximum Gasteiger partial charge on any atom is 0.294 e. The third-order valence-corrected chi connectivity index (χ3v) is 5.98. The lowest BCUT2D eigenvalue weighted by molar-refractivity contribution is -0.141. The van der Waals surface area contributed by atoms with E-state index in [1.807, 2.05) is 18.2 Å². The Kier molecular flexibility index (Phi) is 6.87. The molecule has 2 aromatic carbocycles. The lowest BCUT2D eigenvalue weighted by Crippen LogP contribution is -2.50. The highest BCUT2D eigenvalue weighted by atomic mass is 16.5. The van der Waals surface area contributed by atoms with Gasteiger partial charge in [0.15, 0.2) is 11.5 Å². The monoisotopic (exact) mass is 436 g/mol. The second kappa shape index (κ2) is 9.97. The van der Waals surface area contributed by atoms with Gasteiger partial charge in [0.1, 0.15) is 0 Å². The van der Waals surface area contributed by atoms with Gasteiger partial charge in [0, 0.05) is 26.2 Å². The number of carbonyl (C=O) groups is 2. The summed E-state index contributed by atoms with van der Waals surface area (Å²) in [4.78, 5) is 29.3. The van der Waals surface area contributed by atoms with Crippen LogP contribution in [0.25, 0.3) is 6.08 Å². The molecule has 2 unspecified atom stereocenters. The standard InChI is InChI=1S/C25H28N2O5/c1-30-22-11-9-18(14-23(22)31-2)8-10-21(28)25(29)27-16-20-24(17-27)32-13-12-26(20)15-19-6-4-3-5-7-19/h3-11,14,20,24H,12-13,15-17H2,1-2H3/b10-8+. The summed E-state index contributed by atoms with van der Waals surface area (Å²) in [5, 5.41) is 0. The van der Waals surface area contributed by atoms with Gasteiger partial charge in [0.25, 0.3) is 5.91 Å². The molecule has 2 saturated heterocycles. The molecule has 168 valence electrons. The maximum absolute atomic E-state index is 12.8. The van der Waals surface area contributed by atoms with Gasteiger partial charge in [-0.1, -0.05) is 42.5 Å². The predicted octanol–water partition coefficient (Wildman–Crippen LogP) is 2.40. The smallest absolute Gasteiger partial charge is 0.294 e. The minimum absolute atomic E-state index is 0.0703. The third kappa shape index (κ3) is 4.84. The van der Waals surface area contributed by atoms with Gasteiger partial charge in [-0.15, -0.1) is 0 Å². The number of fused-ring (bicyclic) bond motifs is 1. The number of amides is 1. The summed E-state index contributed by atoms with van der Waals surface area (Å²) in [5.41, 5.74) is 1.98. The molecular formula is C25H28N2O5. The molecule has 0 aromatic heterocycles. The summed E-state index contributed by atoms with van der Waals surface area (Å²) in [6.07, 6.45) is 2.86. The van der Waals surface area contributed by atoms with Gasteiger partial charge in [0.2, 0.25) is 5.78 Å². The molecule has 4 rings (SSSR count). The van der Waals surface area contributed by atoms with Gasteiger partial charge in [-0.05, 0) is 29.3 Å². The first-order valence-electron chi connectivity index (χ1n) is 10.7. The lowest BCUT2D eigenvalue weighted by atomic mass is 10.1. The molecule has 0 radical (unpaired) electrons. The molecule has 2 aliphatic rings. The molecule has 2 aromatic rings. The minimum atomic E-state index is -0.548. The first kappa shape index (κ1) is 22.0. The first-order valence-corrected chi connectivity index (χ1v) is 10.7. The Morgan fingerprint density at radius 3 is 2.59 bits per heavy atom. The van der Waals surface area contributed by atoms with Crippen molar-refractivity contribution < 1.29 is 23.8 Å². The molecule has 0 bridgehead atoms. The van der Waals surface area contributed by atoms with Gasteiger partial charge in [-0.25, -0.2) is 0 Å². The lowest BCUT2D eigenvalue weighted by Gasteiger charge is -2.36. The van der Waals surface area contributed by atoms with E-state index in [4.69, 9.17) is 14.2 Å². The van der Waals surface area contributed by atoms with Crippen LogP contribution in [0.3, 0.4) is 0 Å². The number of ketones is 1. The van der Waals surface area contributed by atoms with Crippen molar-refractivity contribution in [1.82, 2.24) is 9.80 Å². The van der Waals surface area contributed by atoms with Gasteiger partial charge >= 0.3 is 0 Å². The van der Waals surface area contributed by atoms with E-state index in [0.29, 0.717) is 31.2 Å². The van der Waals surface area contributed by atoms with Gasteiger partial charge in [-0.3, -0.25) is 14.5 Å². The predicted molar refractivity (Wildman–Crippen MR) is 121 cm³/mol. The molecule has 0 N–H and O–H groups in total. The molecule has 2 aliphatic heterocycles. The number of rotatable bonds is 7. The van der Waals surface area contributed by atoms with Crippen molar-refractivity contribution in [3.05, 3.63) is 65.7 Å². The van der Waals surface area contributed by atoms with Gasteiger partial charge in [0.05, 0.1) is 33.0 Å². The SMILES string of the molecule is COc1ccc(/C=C/C(=O)C(=O)N2CC3OCCN(Cc4ccccc4)C3C2)cc1OC. The fourth-order valence-corrected chi connectivity index (χ4v) is 4.29. The fourth-order valence-electron chi connectivity index (χ4n) is 4.29. The van der Waals surface area contributed by atoms with Gasteiger partial charge < -0.3 is 19.1 Å². The highest BCUT2D eigenvalue weighted by Gasteiger charge is 2.42. The van der Waals surface area contributed by atoms with Crippen molar-refractivity contribution in [2.24, 2.45) is 0 Å². The van der Waals surface area contributed by atoms with Crippen LogP contribution in [-0.4, -0.2) is 74.1 Å². The molecular weight excluding hydrogens is 408 g/mol. The summed E-state index contributed by atoms with van der Waals surface area (Å²) >= 11 is 0. The molecule has 0 spiro atoms. The van der Waals surface area contributed by atoms with E-state index in [9.17, 15) is 9.59 Å². The van der Waals surface area contributed by atoms with Crippen LogP contribution in [0.1, 0.15) is 11.1 Å². The number of carbonyl (C=O) groups excluding carboxylic acids is 2. The second-order valence-corrected chi connectivity index (χ2v) is 7.95. The van der Waals surface area contributed by atoms with Crippen molar-refractivity contribution in [1.29, 1.82) is 0 Å². The average Bonchev–Trinajstić information content (AvgIpc) is 3.28. The Morgan fingerprint density at radius 2 is 1.84 bits per heavy atom. The zero-order valence-electron chi connectivity index (χ0n) is 18.4. The number of hydrogen-bond acceptors (Lipinski definition) is 6. The average molecular weight is 437 g/mol. The van der Waals surface area contributed by atoms with Crippen LogP contribution in [0.2, 0.25) is 0 Å². The van der Waals surface area contributed by atoms with Crippen molar-refractivity contribution in [3.8, 4) is 11.5 Å². The molecule has 32 heavy (non-hydrogen) atoms. The Bertz CT molecular complexity index is 991. The van der Waals surface area contributed by atoms with E-state index in [1.165, 1.54) is 11.6 Å². The molecule has 0 aliphatic carbocycles. The van der Waals surface area contributed by atoms with Crippen molar-refractivity contribution >= 4 is 17.8 Å². The molecule has 1 amide bonds. The van der Waals surface area contributed by atoms with Crippen LogP contribution in [0, 0.1) is 0 Å². The highest BCUT2D eigenvalue weighted by molar-refractivity contribution is 6.41. The Morgan fingerprint density at radius 1 is 1.06 bits per heavy atom. The third-order valence-electron chi connectivity index (χ3n) is 5.98. The van der Waals surface area contributed by atoms with Crippen molar-refractivity contribution in [2.75, 3.05) is 40.5 Å². The summed E-state index contributed by atoms with van der Waals surface area (Å²) in [6, 6.07) is 15.7. The first-order chi connectivity index (χ1) is 15.6. The molecule has 7 nitrogen and oxygen atoms in total. The zero-order chi connectivity index (χ0) is 22.5. The largest absolute Gasteiger partial charge is 0.493 e. The van der Waals surface area contributed by atoms with Crippen LogP contribution >= 0.6 is 0 Å². The summed E-state index contributed by atoms with van der Waals surface area (Å²) in [5.74, 6) is 0.118. The number of hydrogen-bond donors (Lipinski definition) is 0.